The highest BCUT2D eigenvalue weighted by Crippen LogP contribution is 2.04. The summed E-state index contributed by atoms with van der Waals surface area (Å²) in [5.41, 5.74) is 0. The van der Waals surface area contributed by atoms with Gasteiger partial charge in [0.2, 0.25) is 0 Å². The third-order valence-electron chi connectivity index (χ3n) is 2.51. The fourth-order valence-corrected chi connectivity index (χ4v) is 1.43. The zero-order chi connectivity index (χ0) is 12.1. The molecule has 0 saturated heterocycles. The van der Waals surface area contributed by atoms with Crippen molar-refractivity contribution in [3.63, 3.8) is 0 Å². The summed E-state index contributed by atoms with van der Waals surface area (Å²) >= 11 is 0. The Hall–Kier alpha value is -0.630. The van der Waals surface area contributed by atoms with Gasteiger partial charge in [-0.1, -0.05) is 52.0 Å². The normalized spacial score (nSPS) is 11.1. The van der Waals surface area contributed by atoms with Crippen molar-refractivity contribution in [3.8, 4) is 0 Å². The summed E-state index contributed by atoms with van der Waals surface area (Å²) in [6.45, 7) is 5.48. The molecule has 0 aliphatic carbocycles. The third-order valence-corrected chi connectivity index (χ3v) is 2.51. The van der Waals surface area contributed by atoms with E-state index in [0.717, 1.165) is 13.0 Å². The van der Waals surface area contributed by atoms with Crippen LogP contribution < -0.4 is 0 Å². The first-order chi connectivity index (χ1) is 7.81. The average Bonchev–Trinajstić information content (AvgIpc) is 2.31. The van der Waals surface area contributed by atoms with Crippen LogP contribution in [0.4, 0.5) is 0 Å². The van der Waals surface area contributed by atoms with Gasteiger partial charge in [0, 0.05) is 13.0 Å². The Balaban J connectivity index is 3.09. The fraction of sp³-hybridized carbons (Fsp3) is 0.786. The Labute approximate surface area is 100 Å². The van der Waals surface area contributed by atoms with Crippen molar-refractivity contribution in [1.82, 2.24) is 0 Å². The molecular formula is C14H26O2. The molecule has 0 aromatic carbocycles. The first-order valence-corrected chi connectivity index (χ1v) is 6.58. The van der Waals surface area contributed by atoms with Gasteiger partial charge in [-0.2, -0.15) is 0 Å². The van der Waals surface area contributed by atoms with Gasteiger partial charge in [-0.25, -0.2) is 0 Å². The Morgan fingerprint density at radius 2 is 1.75 bits per heavy atom. The molecule has 0 saturated carbocycles. The fourth-order valence-electron chi connectivity index (χ4n) is 1.43. The van der Waals surface area contributed by atoms with Crippen LogP contribution in [0.2, 0.25) is 0 Å². The zero-order valence-corrected chi connectivity index (χ0v) is 10.8. The van der Waals surface area contributed by atoms with E-state index in [9.17, 15) is 4.79 Å². The van der Waals surface area contributed by atoms with Crippen LogP contribution in [0, 0.1) is 0 Å². The van der Waals surface area contributed by atoms with Gasteiger partial charge < -0.3 is 4.74 Å². The molecule has 0 aliphatic heterocycles. The molecule has 0 aromatic rings. The lowest BCUT2D eigenvalue weighted by atomic mass is 10.1. The van der Waals surface area contributed by atoms with Gasteiger partial charge in [0.1, 0.15) is 0 Å². The van der Waals surface area contributed by atoms with Crippen molar-refractivity contribution in [2.24, 2.45) is 0 Å². The van der Waals surface area contributed by atoms with E-state index >= 15 is 0 Å². The third kappa shape index (κ3) is 11.4. The number of allylic oxidation sites excluding steroid dienone is 1. The molecule has 2 nitrogen and oxygen atoms in total. The lowest BCUT2D eigenvalue weighted by molar-refractivity contribution is -0.114. The molecule has 0 fully saturated rings. The molecule has 94 valence electrons. The van der Waals surface area contributed by atoms with Gasteiger partial charge in [-0.3, -0.25) is 4.79 Å². The van der Waals surface area contributed by atoms with Crippen LogP contribution in [0.5, 0.6) is 0 Å². The molecule has 0 N–H and O–H groups in total. The minimum Gasteiger partial charge on any atom is -0.377 e. The molecule has 0 rings (SSSR count). The zero-order valence-electron chi connectivity index (χ0n) is 10.8. The predicted octanol–water partition coefficient (Wildman–Crippen LogP) is 3.90. The van der Waals surface area contributed by atoms with Crippen molar-refractivity contribution in [2.75, 3.05) is 13.2 Å². The standard InChI is InChI=1S/C14H26O2/c1-3-5-6-7-8-9-12-16-13-10-11-14(15)4-2/h10-11H,3-9,12-13H2,1-2H3. The van der Waals surface area contributed by atoms with Crippen molar-refractivity contribution in [1.29, 1.82) is 0 Å². The van der Waals surface area contributed by atoms with Gasteiger partial charge in [0.25, 0.3) is 0 Å². The summed E-state index contributed by atoms with van der Waals surface area (Å²) < 4.78 is 5.40. The molecule has 0 aromatic heterocycles. The van der Waals surface area contributed by atoms with E-state index in [1.807, 2.05) is 13.0 Å². The van der Waals surface area contributed by atoms with Crippen molar-refractivity contribution in [2.45, 2.75) is 58.8 Å². The molecule has 0 bridgehead atoms. The molecule has 0 heterocycles. The summed E-state index contributed by atoms with van der Waals surface area (Å²) in [7, 11) is 0. The summed E-state index contributed by atoms with van der Waals surface area (Å²) in [6.07, 6.45) is 11.7. The maximum Gasteiger partial charge on any atom is 0.155 e. The maximum absolute atomic E-state index is 10.9. The number of hydrogen-bond donors (Lipinski definition) is 0. The Morgan fingerprint density at radius 1 is 1.06 bits per heavy atom. The smallest absolute Gasteiger partial charge is 0.155 e. The number of ketones is 1. The monoisotopic (exact) mass is 226 g/mol. The molecule has 16 heavy (non-hydrogen) atoms. The molecule has 0 amide bonds. The molecule has 0 radical (unpaired) electrons. The molecular weight excluding hydrogens is 200 g/mol. The topological polar surface area (TPSA) is 26.3 Å². The summed E-state index contributed by atoms with van der Waals surface area (Å²) in [6, 6.07) is 0. The Kier molecular flexibility index (Phi) is 11.9. The van der Waals surface area contributed by atoms with E-state index in [4.69, 9.17) is 4.74 Å². The van der Waals surface area contributed by atoms with Crippen molar-refractivity contribution >= 4 is 5.78 Å². The first kappa shape index (κ1) is 15.4. The van der Waals surface area contributed by atoms with Crippen LogP contribution in [0.3, 0.4) is 0 Å². The van der Waals surface area contributed by atoms with Crippen molar-refractivity contribution in [3.05, 3.63) is 12.2 Å². The minimum absolute atomic E-state index is 0.170. The molecule has 0 aliphatic rings. The van der Waals surface area contributed by atoms with Gasteiger partial charge in [-0.15, -0.1) is 0 Å². The number of carbonyl (C=O) groups excluding carboxylic acids is 1. The van der Waals surface area contributed by atoms with E-state index in [-0.39, 0.29) is 5.78 Å². The van der Waals surface area contributed by atoms with E-state index in [1.54, 1.807) is 6.08 Å². The number of ether oxygens (including phenoxy) is 1. The highest BCUT2D eigenvalue weighted by atomic mass is 16.5. The first-order valence-electron chi connectivity index (χ1n) is 6.58. The van der Waals surface area contributed by atoms with Crippen molar-refractivity contribution < 1.29 is 9.53 Å². The number of hydrogen-bond acceptors (Lipinski definition) is 2. The van der Waals surface area contributed by atoms with Crippen LogP contribution in [0.1, 0.15) is 58.8 Å². The Bertz CT molecular complexity index is 185. The Morgan fingerprint density at radius 3 is 2.44 bits per heavy atom. The highest BCUT2D eigenvalue weighted by molar-refractivity contribution is 5.89. The second-order valence-corrected chi connectivity index (χ2v) is 4.06. The SMILES string of the molecule is CCCCCCCCOCC=CC(=O)CC. The lowest BCUT2D eigenvalue weighted by Crippen LogP contribution is -1.96. The number of carbonyl (C=O) groups is 1. The minimum atomic E-state index is 0.170. The molecule has 0 atom stereocenters. The number of unbranched alkanes of at least 4 members (excludes halogenated alkanes) is 5. The maximum atomic E-state index is 10.9. The second kappa shape index (κ2) is 12.4. The quantitative estimate of drug-likeness (QED) is 0.394. The van der Waals surface area contributed by atoms with Crippen LogP contribution in [0.15, 0.2) is 12.2 Å². The molecule has 2 heteroatoms. The van der Waals surface area contributed by atoms with Gasteiger partial charge in [-0.05, 0) is 12.5 Å². The number of rotatable bonds is 11. The predicted molar refractivity (Wildman–Crippen MR) is 68.6 cm³/mol. The summed E-state index contributed by atoms with van der Waals surface area (Å²) in [4.78, 5) is 10.9. The van der Waals surface area contributed by atoms with E-state index in [0.29, 0.717) is 13.0 Å². The van der Waals surface area contributed by atoms with Gasteiger partial charge in [0.15, 0.2) is 5.78 Å². The average molecular weight is 226 g/mol. The van der Waals surface area contributed by atoms with E-state index < -0.39 is 0 Å². The molecule has 0 unspecified atom stereocenters. The van der Waals surface area contributed by atoms with Crippen LogP contribution >= 0.6 is 0 Å². The largest absolute Gasteiger partial charge is 0.377 e. The lowest BCUT2D eigenvalue weighted by Gasteiger charge is -2.01. The van der Waals surface area contributed by atoms with Crippen LogP contribution in [0.25, 0.3) is 0 Å². The highest BCUT2D eigenvalue weighted by Gasteiger charge is 1.91. The summed E-state index contributed by atoms with van der Waals surface area (Å²) in [5.74, 6) is 0.170. The molecule has 0 spiro atoms. The van der Waals surface area contributed by atoms with Gasteiger partial charge >= 0.3 is 0 Å². The summed E-state index contributed by atoms with van der Waals surface area (Å²) in [5, 5.41) is 0. The van der Waals surface area contributed by atoms with E-state index in [1.165, 1.54) is 32.1 Å². The van der Waals surface area contributed by atoms with Crippen LogP contribution in [-0.4, -0.2) is 19.0 Å². The van der Waals surface area contributed by atoms with Gasteiger partial charge in [0.05, 0.1) is 6.61 Å². The second-order valence-electron chi connectivity index (χ2n) is 4.06. The van der Waals surface area contributed by atoms with Crippen LogP contribution in [-0.2, 0) is 9.53 Å². The van der Waals surface area contributed by atoms with E-state index in [2.05, 4.69) is 6.92 Å².